The van der Waals surface area contributed by atoms with Crippen molar-refractivity contribution in [2.45, 2.75) is 18.7 Å². The summed E-state index contributed by atoms with van der Waals surface area (Å²) in [6, 6.07) is 11.6. The number of ether oxygens (including phenoxy) is 2. The van der Waals surface area contributed by atoms with Crippen molar-refractivity contribution in [1.29, 1.82) is 0 Å². The molecule has 9 heteroatoms. The number of pyridine rings is 2. The number of nitrogens with one attached hydrogen (secondary N) is 1. The highest BCUT2D eigenvalue weighted by atomic mass is 35.5. The smallest absolute Gasteiger partial charge is 0.141 e. The van der Waals surface area contributed by atoms with Gasteiger partial charge in [0, 0.05) is 67.8 Å². The first-order chi connectivity index (χ1) is 16.6. The van der Waals surface area contributed by atoms with Gasteiger partial charge < -0.3 is 29.2 Å². The summed E-state index contributed by atoms with van der Waals surface area (Å²) in [5, 5.41) is 14.6. The average molecular weight is 480 g/mol. The maximum Gasteiger partial charge on any atom is 0.141 e. The highest BCUT2D eigenvalue weighted by molar-refractivity contribution is 6.32. The fraction of sp³-hybridized carbons (Fsp3) is 0.280. The van der Waals surface area contributed by atoms with Gasteiger partial charge in [-0.1, -0.05) is 11.6 Å². The van der Waals surface area contributed by atoms with E-state index in [1.165, 1.54) is 0 Å². The number of aliphatic hydroxyl groups is 1. The molecule has 0 unspecified atom stereocenters. The van der Waals surface area contributed by atoms with Crippen LogP contribution in [0.25, 0.3) is 16.9 Å². The van der Waals surface area contributed by atoms with Gasteiger partial charge in [0.15, 0.2) is 0 Å². The van der Waals surface area contributed by atoms with Gasteiger partial charge in [0.1, 0.15) is 17.1 Å². The van der Waals surface area contributed by atoms with E-state index in [1.807, 2.05) is 41.1 Å². The van der Waals surface area contributed by atoms with Crippen LogP contribution in [-0.2, 0) is 6.54 Å². The van der Waals surface area contributed by atoms with Gasteiger partial charge in [-0.2, -0.15) is 0 Å². The maximum atomic E-state index is 10.6. The second-order valence-corrected chi connectivity index (χ2v) is 8.69. The first-order valence-corrected chi connectivity index (χ1v) is 11.4. The van der Waals surface area contributed by atoms with Gasteiger partial charge in [-0.15, -0.1) is 0 Å². The van der Waals surface area contributed by atoms with Crippen LogP contribution in [-0.4, -0.2) is 58.9 Å². The molecule has 4 heterocycles. The second-order valence-electron chi connectivity index (χ2n) is 8.28. The number of aliphatic hydroxyl groups excluding tert-OH is 1. The van der Waals surface area contributed by atoms with Crippen molar-refractivity contribution in [1.82, 2.24) is 19.7 Å². The number of nitrogens with zero attached hydrogens (tertiary/aromatic N) is 4. The summed E-state index contributed by atoms with van der Waals surface area (Å²) in [5.41, 5.74) is 4.48. The molecule has 0 radical (unpaired) electrons. The molecule has 3 aromatic heterocycles. The molecule has 1 saturated heterocycles. The van der Waals surface area contributed by atoms with E-state index in [2.05, 4.69) is 15.2 Å². The number of aromatic nitrogens is 3. The first-order valence-electron chi connectivity index (χ1n) is 11.0. The third-order valence-electron chi connectivity index (χ3n) is 6.17. The molecule has 2 N–H and O–H groups in total. The van der Waals surface area contributed by atoms with E-state index in [9.17, 15) is 5.11 Å². The van der Waals surface area contributed by atoms with Crippen LogP contribution in [0.3, 0.4) is 0 Å². The van der Waals surface area contributed by atoms with Crippen molar-refractivity contribution in [3.63, 3.8) is 0 Å². The summed E-state index contributed by atoms with van der Waals surface area (Å²) in [5.74, 6) is 1.18. The van der Waals surface area contributed by atoms with E-state index in [1.54, 1.807) is 38.7 Å². The number of anilines is 1. The van der Waals surface area contributed by atoms with Gasteiger partial charge in [-0.3, -0.25) is 4.98 Å². The Morgan fingerprint density at radius 2 is 1.88 bits per heavy atom. The van der Waals surface area contributed by atoms with Crippen molar-refractivity contribution in [3.8, 4) is 22.8 Å². The molecule has 8 nitrogen and oxygen atoms in total. The molecule has 0 spiro atoms. The van der Waals surface area contributed by atoms with Gasteiger partial charge in [0.25, 0.3) is 0 Å². The van der Waals surface area contributed by atoms with E-state index in [0.29, 0.717) is 36.2 Å². The number of methoxy groups -OCH3 is 2. The summed E-state index contributed by atoms with van der Waals surface area (Å²) in [4.78, 5) is 11.0. The lowest BCUT2D eigenvalue weighted by Gasteiger charge is -2.18. The third-order valence-corrected chi connectivity index (χ3v) is 6.46. The van der Waals surface area contributed by atoms with Crippen LogP contribution in [0.4, 0.5) is 5.69 Å². The molecule has 1 aliphatic rings. The first kappa shape index (κ1) is 22.5. The molecular weight excluding hydrogens is 454 g/mol. The van der Waals surface area contributed by atoms with Gasteiger partial charge in [-0.05, 0) is 29.8 Å². The Hall–Kier alpha value is -3.33. The summed E-state index contributed by atoms with van der Waals surface area (Å²) >= 11 is 6.36. The molecule has 2 atom stereocenters. The fourth-order valence-corrected chi connectivity index (χ4v) is 4.55. The number of rotatable bonds is 7. The van der Waals surface area contributed by atoms with Crippen LogP contribution in [0.15, 0.2) is 61.2 Å². The summed E-state index contributed by atoms with van der Waals surface area (Å²) in [6.07, 6.45) is 7.01. The number of benzene rings is 1. The van der Waals surface area contributed by atoms with E-state index in [0.717, 1.165) is 28.2 Å². The molecule has 0 bridgehead atoms. The molecule has 5 rings (SSSR count). The van der Waals surface area contributed by atoms with Crippen LogP contribution in [0.2, 0.25) is 5.02 Å². The van der Waals surface area contributed by atoms with Gasteiger partial charge >= 0.3 is 0 Å². The Morgan fingerprint density at radius 3 is 2.65 bits per heavy atom. The van der Waals surface area contributed by atoms with Crippen LogP contribution in [0, 0.1) is 0 Å². The minimum atomic E-state index is -0.459. The number of fused-ring (bicyclic) bond motifs is 1. The number of β-amino-alcohol motifs (C(OH)–C–C–N with tert-alkyl or cyclic N) is 1. The van der Waals surface area contributed by atoms with E-state index in [4.69, 9.17) is 26.1 Å². The molecule has 0 saturated carbocycles. The molecule has 4 aromatic rings. The number of hydrogen-bond donors (Lipinski definition) is 2. The van der Waals surface area contributed by atoms with Crippen LogP contribution in [0.5, 0.6) is 11.5 Å². The van der Waals surface area contributed by atoms with E-state index >= 15 is 0 Å². The number of hydrogen-bond acceptors (Lipinski definition) is 7. The zero-order chi connectivity index (χ0) is 23.7. The minimum Gasteiger partial charge on any atom is -0.496 e. The Balaban J connectivity index is 1.36. The third kappa shape index (κ3) is 4.40. The van der Waals surface area contributed by atoms with Gasteiger partial charge in [-0.25, -0.2) is 4.98 Å². The van der Waals surface area contributed by atoms with Crippen molar-refractivity contribution < 1.29 is 14.6 Å². The second kappa shape index (κ2) is 9.50. The molecule has 1 aromatic carbocycles. The largest absolute Gasteiger partial charge is 0.496 e. The van der Waals surface area contributed by atoms with Crippen molar-refractivity contribution in [2.75, 3.05) is 32.2 Å². The number of imidazole rings is 1. The average Bonchev–Trinajstić information content (AvgIpc) is 3.46. The van der Waals surface area contributed by atoms with Crippen molar-refractivity contribution in [3.05, 3.63) is 71.8 Å². The van der Waals surface area contributed by atoms with Crippen LogP contribution < -0.4 is 19.7 Å². The Labute approximate surface area is 202 Å². The molecule has 0 amide bonds. The standard InChI is InChI=1S/C25H26ClN5O3/c1-33-23-11-24(34-2)19(26)10-18(23)20-13-30-8-5-17(9-25(30)29-20)31-14-21(22(32)15-31)28-12-16-3-6-27-7-4-16/h3-11,13,21-22,28,32H,12,14-15H2,1-2H3/t21-,22-/m1/s1. The Bertz CT molecular complexity index is 1300. The van der Waals surface area contributed by atoms with Gasteiger partial charge in [0.05, 0.1) is 37.1 Å². The molecule has 1 aliphatic heterocycles. The molecule has 34 heavy (non-hydrogen) atoms. The Morgan fingerprint density at radius 1 is 1.09 bits per heavy atom. The Kier molecular flexibility index (Phi) is 6.28. The molecule has 1 fully saturated rings. The monoisotopic (exact) mass is 479 g/mol. The van der Waals surface area contributed by atoms with E-state index in [-0.39, 0.29) is 6.04 Å². The highest BCUT2D eigenvalue weighted by Gasteiger charge is 2.31. The zero-order valence-electron chi connectivity index (χ0n) is 19.0. The topological polar surface area (TPSA) is 84.2 Å². The predicted octanol–water partition coefficient (Wildman–Crippen LogP) is 3.41. The summed E-state index contributed by atoms with van der Waals surface area (Å²) in [6.45, 7) is 1.95. The lowest BCUT2D eigenvalue weighted by Crippen LogP contribution is -2.38. The lowest BCUT2D eigenvalue weighted by atomic mass is 10.1. The quantitative estimate of drug-likeness (QED) is 0.420. The zero-order valence-corrected chi connectivity index (χ0v) is 19.7. The van der Waals surface area contributed by atoms with Crippen LogP contribution >= 0.6 is 11.6 Å². The van der Waals surface area contributed by atoms with Gasteiger partial charge in [0.2, 0.25) is 0 Å². The fourth-order valence-electron chi connectivity index (χ4n) is 4.31. The maximum absolute atomic E-state index is 10.6. The highest BCUT2D eigenvalue weighted by Crippen LogP contribution is 2.38. The minimum absolute atomic E-state index is 0.0228. The van der Waals surface area contributed by atoms with Crippen molar-refractivity contribution in [2.24, 2.45) is 0 Å². The lowest BCUT2D eigenvalue weighted by molar-refractivity contribution is 0.163. The summed E-state index contributed by atoms with van der Waals surface area (Å²) in [7, 11) is 3.18. The van der Waals surface area contributed by atoms with Crippen LogP contribution in [0.1, 0.15) is 5.56 Å². The van der Waals surface area contributed by atoms with E-state index < -0.39 is 6.10 Å². The summed E-state index contributed by atoms with van der Waals surface area (Å²) < 4.78 is 12.8. The SMILES string of the molecule is COc1cc(OC)c(-c2cn3ccc(N4C[C@@H](O)[C@H](NCc5ccncc5)C4)cc3n2)cc1Cl. The molecular formula is C25H26ClN5O3. The number of halogens is 1. The predicted molar refractivity (Wildman–Crippen MR) is 132 cm³/mol. The molecule has 0 aliphatic carbocycles. The normalized spacial score (nSPS) is 17.9. The van der Waals surface area contributed by atoms with Crippen molar-refractivity contribution >= 4 is 22.9 Å². The molecule has 176 valence electrons.